The SMILES string of the molecule is COc1ccc(-c2nn(-c3ccccc3)cc2CNC2CCC(O)CC2)cc1. The summed E-state index contributed by atoms with van der Waals surface area (Å²) < 4.78 is 7.23. The van der Waals surface area contributed by atoms with Crippen LogP contribution in [0, 0.1) is 0 Å². The minimum Gasteiger partial charge on any atom is -0.497 e. The first-order chi connectivity index (χ1) is 13.7. The van der Waals surface area contributed by atoms with Crippen molar-refractivity contribution in [3.05, 3.63) is 66.4 Å². The van der Waals surface area contributed by atoms with Crippen LogP contribution in [-0.2, 0) is 6.54 Å². The summed E-state index contributed by atoms with van der Waals surface area (Å²) in [5.41, 5.74) is 4.27. The molecule has 2 aromatic carbocycles. The molecule has 0 saturated heterocycles. The molecule has 5 heteroatoms. The zero-order chi connectivity index (χ0) is 19.3. The number of methoxy groups -OCH3 is 1. The van der Waals surface area contributed by atoms with Crippen molar-refractivity contribution in [1.82, 2.24) is 15.1 Å². The molecule has 0 radical (unpaired) electrons. The quantitative estimate of drug-likeness (QED) is 0.683. The third-order valence-electron chi connectivity index (χ3n) is 5.45. The van der Waals surface area contributed by atoms with E-state index >= 15 is 0 Å². The van der Waals surface area contributed by atoms with Crippen LogP contribution in [0.25, 0.3) is 16.9 Å². The maximum atomic E-state index is 9.73. The summed E-state index contributed by atoms with van der Waals surface area (Å²) in [7, 11) is 1.68. The highest BCUT2D eigenvalue weighted by Gasteiger charge is 2.20. The third kappa shape index (κ3) is 4.26. The van der Waals surface area contributed by atoms with E-state index in [0.29, 0.717) is 6.04 Å². The normalized spacial score (nSPS) is 19.5. The molecule has 146 valence electrons. The van der Waals surface area contributed by atoms with Crippen molar-refractivity contribution in [1.29, 1.82) is 0 Å². The fourth-order valence-corrected chi connectivity index (χ4v) is 3.78. The number of aliphatic hydroxyl groups is 1. The second-order valence-corrected chi connectivity index (χ2v) is 7.40. The van der Waals surface area contributed by atoms with Crippen molar-refractivity contribution < 1.29 is 9.84 Å². The van der Waals surface area contributed by atoms with Gasteiger partial charge in [-0.3, -0.25) is 0 Å². The van der Waals surface area contributed by atoms with E-state index in [0.717, 1.165) is 54.9 Å². The van der Waals surface area contributed by atoms with E-state index in [2.05, 4.69) is 35.8 Å². The minimum absolute atomic E-state index is 0.131. The second-order valence-electron chi connectivity index (χ2n) is 7.40. The molecule has 28 heavy (non-hydrogen) atoms. The lowest BCUT2D eigenvalue weighted by atomic mass is 9.93. The van der Waals surface area contributed by atoms with Crippen molar-refractivity contribution in [2.45, 2.75) is 44.4 Å². The van der Waals surface area contributed by atoms with Crippen molar-refractivity contribution in [3.63, 3.8) is 0 Å². The van der Waals surface area contributed by atoms with Crippen molar-refractivity contribution in [2.75, 3.05) is 7.11 Å². The molecule has 2 N–H and O–H groups in total. The highest BCUT2D eigenvalue weighted by molar-refractivity contribution is 5.64. The first-order valence-corrected chi connectivity index (χ1v) is 9.93. The summed E-state index contributed by atoms with van der Waals surface area (Å²) >= 11 is 0. The number of ether oxygens (including phenoxy) is 1. The van der Waals surface area contributed by atoms with Gasteiger partial charge in [0.25, 0.3) is 0 Å². The molecular formula is C23H27N3O2. The summed E-state index contributed by atoms with van der Waals surface area (Å²) in [6.07, 6.45) is 5.78. The molecule has 5 nitrogen and oxygen atoms in total. The molecule has 1 aromatic heterocycles. The summed E-state index contributed by atoms with van der Waals surface area (Å²) in [5, 5.41) is 18.3. The van der Waals surface area contributed by atoms with Crippen LogP contribution in [0.1, 0.15) is 31.2 Å². The molecule has 1 heterocycles. The predicted octanol–water partition coefficient (Wildman–Crippen LogP) is 3.94. The van der Waals surface area contributed by atoms with Gasteiger partial charge in [-0.1, -0.05) is 18.2 Å². The molecule has 1 saturated carbocycles. The minimum atomic E-state index is -0.131. The lowest BCUT2D eigenvalue weighted by Crippen LogP contribution is -2.34. The van der Waals surface area contributed by atoms with Gasteiger partial charge >= 0.3 is 0 Å². The van der Waals surface area contributed by atoms with Crippen LogP contribution in [0.4, 0.5) is 0 Å². The topological polar surface area (TPSA) is 59.3 Å². The first kappa shape index (κ1) is 18.7. The van der Waals surface area contributed by atoms with Gasteiger partial charge in [0.1, 0.15) is 5.75 Å². The van der Waals surface area contributed by atoms with E-state index in [1.165, 1.54) is 5.56 Å². The second kappa shape index (κ2) is 8.59. The standard InChI is InChI=1S/C23H27N3O2/c1-28-22-13-7-17(8-14-22)23-18(15-24-19-9-11-21(27)12-10-19)16-26(25-23)20-5-3-2-4-6-20/h2-8,13-14,16,19,21,24,27H,9-12,15H2,1H3. The molecule has 0 unspecified atom stereocenters. The van der Waals surface area contributed by atoms with Crippen LogP contribution in [-0.4, -0.2) is 34.1 Å². The molecular weight excluding hydrogens is 350 g/mol. The summed E-state index contributed by atoms with van der Waals surface area (Å²) in [5.74, 6) is 0.840. The number of hydrogen-bond donors (Lipinski definition) is 2. The van der Waals surface area contributed by atoms with Crippen molar-refractivity contribution in [3.8, 4) is 22.7 Å². The maximum Gasteiger partial charge on any atom is 0.118 e. The Labute approximate surface area is 166 Å². The van der Waals surface area contributed by atoms with Crippen LogP contribution >= 0.6 is 0 Å². The van der Waals surface area contributed by atoms with Crippen LogP contribution in [0.2, 0.25) is 0 Å². The molecule has 1 aliphatic carbocycles. The summed E-state index contributed by atoms with van der Waals surface area (Å²) in [6.45, 7) is 0.759. The average Bonchev–Trinajstić information content (AvgIpc) is 3.18. The Morgan fingerprint density at radius 2 is 1.75 bits per heavy atom. The molecule has 0 amide bonds. The zero-order valence-corrected chi connectivity index (χ0v) is 16.2. The molecule has 0 bridgehead atoms. The number of rotatable bonds is 6. The van der Waals surface area contributed by atoms with Gasteiger partial charge in [0.15, 0.2) is 0 Å². The number of aromatic nitrogens is 2. The summed E-state index contributed by atoms with van der Waals surface area (Å²) in [6, 6.07) is 18.7. The third-order valence-corrected chi connectivity index (χ3v) is 5.45. The maximum absolute atomic E-state index is 9.73. The van der Waals surface area contributed by atoms with Gasteiger partial charge in [-0.15, -0.1) is 0 Å². The number of benzene rings is 2. The lowest BCUT2D eigenvalue weighted by Gasteiger charge is -2.26. The van der Waals surface area contributed by atoms with E-state index in [1.54, 1.807) is 7.11 Å². The Hall–Kier alpha value is -2.63. The largest absolute Gasteiger partial charge is 0.497 e. The molecule has 4 rings (SSSR count). The van der Waals surface area contributed by atoms with Gasteiger partial charge in [-0.25, -0.2) is 4.68 Å². The number of aliphatic hydroxyl groups excluding tert-OH is 1. The first-order valence-electron chi connectivity index (χ1n) is 9.93. The molecule has 0 spiro atoms. The fraction of sp³-hybridized carbons (Fsp3) is 0.348. The Morgan fingerprint density at radius 1 is 1.04 bits per heavy atom. The van der Waals surface area contributed by atoms with E-state index in [1.807, 2.05) is 35.0 Å². The van der Waals surface area contributed by atoms with Crippen LogP contribution < -0.4 is 10.1 Å². The molecule has 1 fully saturated rings. The Morgan fingerprint density at radius 3 is 2.43 bits per heavy atom. The van der Waals surface area contributed by atoms with E-state index in [4.69, 9.17) is 9.84 Å². The molecule has 3 aromatic rings. The van der Waals surface area contributed by atoms with Gasteiger partial charge in [0.05, 0.1) is 24.6 Å². The van der Waals surface area contributed by atoms with Crippen molar-refractivity contribution in [2.24, 2.45) is 0 Å². The molecule has 0 atom stereocenters. The monoisotopic (exact) mass is 377 g/mol. The number of para-hydroxylation sites is 1. The Balaban J connectivity index is 1.59. The van der Waals surface area contributed by atoms with Gasteiger partial charge in [-0.05, 0) is 62.1 Å². The lowest BCUT2D eigenvalue weighted by molar-refractivity contribution is 0.116. The smallest absolute Gasteiger partial charge is 0.118 e. The number of nitrogens with zero attached hydrogens (tertiary/aromatic N) is 2. The van der Waals surface area contributed by atoms with Crippen LogP contribution in [0.5, 0.6) is 5.75 Å². The van der Waals surface area contributed by atoms with E-state index < -0.39 is 0 Å². The zero-order valence-electron chi connectivity index (χ0n) is 16.2. The highest BCUT2D eigenvalue weighted by atomic mass is 16.5. The summed E-state index contributed by atoms with van der Waals surface area (Å²) in [4.78, 5) is 0. The van der Waals surface area contributed by atoms with Crippen molar-refractivity contribution >= 4 is 0 Å². The average molecular weight is 377 g/mol. The number of hydrogen-bond acceptors (Lipinski definition) is 4. The fourth-order valence-electron chi connectivity index (χ4n) is 3.78. The van der Waals surface area contributed by atoms with Gasteiger partial charge in [0.2, 0.25) is 0 Å². The van der Waals surface area contributed by atoms with Gasteiger partial charge in [-0.2, -0.15) is 5.10 Å². The van der Waals surface area contributed by atoms with E-state index in [-0.39, 0.29) is 6.10 Å². The van der Waals surface area contributed by atoms with E-state index in [9.17, 15) is 5.11 Å². The predicted molar refractivity (Wildman–Crippen MR) is 111 cm³/mol. The highest BCUT2D eigenvalue weighted by Crippen LogP contribution is 2.26. The number of nitrogens with one attached hydrogen (secondary N) is 1. The molecule has 1 aliphatic rings. The van der Waals surface area contributed by atoms with Gasteiger partial charge in [0, 0.05) is 29.9 Å². The Kier molecular flexibility index (Phi) is 5.74. The Bertz CT molecular complexity index is 882. The van der Waals surface area contributed by atoms with Gasteiger partial charge < -0.3 is 15.2 Å². The van der Waals surface area contributed by atoms with Crippen LogP contribution in [0.15, 0.2) is 60.8 Å². The van der Waals surface area contributed by atoms with Crippen LogP contribution in [0.3, 0.4) is 0 Å². The molecule has 0 aliphatic heterocycles.